The lowest BCUT2D eigenvalue weighted by Gasteiger charge is -2.23. The van der Waals surface area contributed by atoms with Crippen LogP contribution in [0.3, 0.4) is 0 Å². The van der Waals surface area contributed by atoms with E-state index in [0.717, 1.165) is 24.5 Å². The number of hydrazine groups is 1. The number of pyridine rings is 1. The Bertz CT molecular complexity index is 389. The molecule has 1 aromatic heterocycles. The average Bonchev–Trinajstić information content (AvgIpc) is 2.51. The third kappa shape index (κ3) is 3.68. The molecule has 0 saturated carbocycles. The molecule has 0 amide bonds. The molecule has 0 atom stereocenters. The van der Waals surface area contributed by atoms with Crippen LogP contribution in [0.25, 0.3) is 0 Å². The van der Waals surface area contributed by atoms with Crippen molar-refractivity contribution < 1.29 is 0 Å². The first-order chi connectivity index (χ1) is 8.59. The van der Waals surface area contributed by atoms with Gasteiger partial charge in [-0.25, -0.2) is 0 Å². The molecule has 1 aromatic rings. The Labute approximate surface area is 110 Å². The van der Waals surface area contributed by atoms with Crippen molar-refractivity contribution in [3.63, 3.8) is 0 Å². The first-order valence-corrected chi connectivity index (χ1v) is 6.73. The van der Waals surface area contributed by atoms with E-state index in [1.807, 2.05) is 18.3 Å². The molecule has 2 rings (SSSR count). The first kappa shape index (κ1) is 13.3. The molecule has 3 N–H and O–H groups in total. The fourth-order valence-corrected chi connectivity index (χ4v) is 2.52. The van der Waals surface area contributed by atoms with Crippen molar-refractivity contribution in [2.24, 2.45) is 11.3 Å². The van der Waals surface area contributed by atoms with Crippen molar-refractivity contribution in [3.8, 4) is 0 Å². The minimum Gasteiger partial charge on any atom is -0.324 e. The van der Waals surface area contributed by atoms with Crippen molar-refractivity contribution in [1.29, 1.82) is 0 Å². The van der Waals surface area contributed by atoms with Crippen LogP contribution in [0, 0.1) is 5.41 Å². The normalized spacial score (nSPS) is 20.4. The summed E-state index contributed by atoms with van der Waals surface area (Å²) < 4.78 is 0. The summed E-state index contributed by atoms with van der Waals surface area (Å²) in [6.07, 6.45) is 5.68. The van der Waals surface area contributed by atoms with Crippen LogP contribution in [-0.2, 0) is 6.54 Å². The number of likely N-dealkylation sites (tertiary alicyclic amines) is 1. The van der Waals surface area contributed by atoms with Crippen LogP contribution in [-0.4, -0.2) is 23.0 Å². The summed E-state index contributed by atoms with van der Waals surface area (Å²) in [4.78, 5) is 6.91. The number of anilines is 1. The van der Waals surface area contributed by atoms with E-state index in [1.54, 1.807) is 0 Å². The monoisotopic (exact) mass is 248 g/mol. The van der Waals surface area contributed by atoms with Crippen LogP contribution in [0.15, 0.2) is 18.3 Å². The topological polar surface area (TPSA) is 54.2 Å². The van der Waals surface area contributed by atoms with Crippen LogP contribution in [0.5, 0.6) is 0 Å². The third-order valence-electron chi connectivity index (χ3n) is 3.80. The largest absolute Gasteiger partial charge is 0.324 e. The molecule has 1 aliphatic heterocycles. The summed E-state index contributed by atoms with van der Waals surface area (Å²) in [5, 5.41) is 0. The summed E-state index contributed by atoms with van der Waals surface area (Å²) in [5.41, 5.74) is 5.17. The SMILES string of the molecule is CC1(C)CCCN(Cc2cc(NN)ccn2)CC1. The van der Waals surface area contributed by atoms with Crippen LogP contribution < -0.4 is 11.3 Å². The van der Waals surface area contributed by atoms with Crippen LogP contribution in [0.2, 0.25) is 0 Å². The van der Waals surface area contributed by atoms with Crippen molar-refractivity contribution in [3.05, 3.63) is 24.0 Å². The summed E-state index contributed by atoms with van der Waals surface area (Å²) in [5.74, 6) is 5.42. The molecule has 0 aliphatic carbocycles. The maximum Gasteiger partial charge on any atom is 0.0564 e. The Kier molecular flexibility index (Phi) is 4.19. The van der Waals surface area contributed by atoms with E-state index in [1.165, 1.54) is 25.8 Å². The van der Waals surface area contributed by atoms with E-state index in [0.29, 0.717) is 5.41 Å². The van der Waals surface area contributed by atoms with Crippen molar-refractivity contribution in [2.45, 2.75) is 39.7 Å². The predicted octanol–water partition coefficient (Wildman–Crippen LogP) is 2.38. The highest BCUT2D eigenvalue weighted by Crippen LogP contribution is 2.30. The molecule has 4 heteroatoms. The molecule has 18 heavy (non-hydrogen) atoms. The van der Waals surface area contributed by atoms with Gasteiger partial charge in [-0.15, -0.1) is 0 Å². The van der Waals surface area contributed by atoms with E-state index in [2.05, 4.69) is 29.2 Å². The molecule has 4 nitrogen and oxygen atoms in total. The highest BCUT2D eigenvalue weighted by Gasteiger charge is 2.23. The maximum absolute atomic E-state index is 5.42. The van der Waals surface area contributed by atoms with Gasteiger partial charge in [0.1, 0.15) is 0 Å². The van der Waals surface area contributed by atoms with Crippen LogP contribution in [0.1, 0.15) is 38.8 Å². The summed E-state index contributed by atoms with van der Waals surface area (Å²) in [7, 11) is 0. The van der Waals surface area contributed by atoms with Crippen molar-refractivity contribution in [1.82, 2.24) is 9.88 Å². The van der Waals surface area contributed by atoms with Gasteiger partial charge in [0.25, 0.3) is 0 Å². The quantitative estimate of drug-likeness (QED) is 0.637. The summed E-state index contributed by atoms with van der Waals surface area (Å²) >= 11 is 0. The molecular formula is C14H24N4. The first-order valence-electron chi connectivity index (χ1n) is 6.73. The van der Waals surface area contributed by atoms with E-state index in [9.17, 15) is 0 Å². The van der Waals surface area contributed by atoms with E-state index in [-0.39, 0.29) is 0 Å². The highest BCUT2D eigenvalue weighted by molar-refractivity contribution is 5.41. The number of nitrogens with zero attached hydrogens (tertiary/aromatic N) is 2. The van der Waals surface area contributed by atoms with Gasteiger partial charge in [-0.1, -0.05) is 13.8 Å². The second-order valence-corrected chi connectivity index (χ2v) is 5.97. The second-order valence-electron chi connectivity index (χ2n) is 5.97. The molecule has 0 spiro atoms. The molecule has 0 bridgehead atoms. The van der Waals surface area contributed by atoms with E-state index in [4.69, 9.17) is 5.84 Å². The number of aromatic nitrogens is 1. The van der Waals surface area contributed by atoms with Gasteiger partial charge in [-0.05, 0) is 49.9 Å². The zero-order valence-corrected chi connectivity index (χ0v) is 11.4. The van der Waals surface area contributed by atoms with Crippen molar-refractivity contribution in [2.75, 3.05) is 18.5 Å². The predicted molar refractivity (Wildman–Crippen MR) is 75.0 cm³/mol. The Morgan fingerprint density at radius 2 is 2.22 bits per heavy atom. The summed E-state index contributed by atoms with van der Waals surface area (Å²) in [6, 6.07) is 3.91. The highest BCUT2D eigenvalue weighted by atomic mass is 15.2. The molecule has 0 radical (unpaired) electrons. The van der Waals surface area contributed by atoms with Crippen LogP contribution >= 0.6 is 0 Å². The van der Waals surface area contributed by atoms with E-state index < -0.39 is 0 Å². The zero-order chi connectivity index (χ0) is 13.0. The Morgan fingerprint density at radius 3 is 3.00 bits per heavy atom. The van der Waals surface area contributed by atoms with Gasteiger partial charge in [0, 0.05) is 12.7 Å². The smallest absolute Gasteiger partial charge is 0.0564 e. The molecule has 1 saturated heterocycles. The number of nitrogen functional groups attached to an aromatic ring is 1. The van der Waals surface area contributed by atoms with Gasteiger partial charge in [0.05, 0.1) is 11.4 Å². The number of rotatable bonds is 3. The Hall–Kier alpha value is -1.13. The number of nitrogens with two attached hydrogens (primary N) is 1. The lowest BCUT2D eigenvalue weighted by Crippen LogP contribution is -2.25. The number of hydrogen-bond acceptors (Lipinski definition) is 4. The molecule has 100 valence electrons. The molecule has 2 heterocycles. The van der Waals surface area contributed by atoms with Gasteiger partial charge in [0.2, 0.25) is 0 Å². The minimum absolute atomic E-state index is 0.489. The standard InChI is InChI=1S/C14H24N4/c1-14(2)5-3-8-18(9-6-14)11-13-10-12(17-15)4-7-16-13/h4,7,10H,3,5-6,8-9,11,15H2,1-2H3,(H,16,17). The van der Waals surface area contributed by atoms with Crippen molar-refractivity contribution >= 4 is 5.69 Å². The minimum atomic E-state index is 0.489. The molecule has 1 aliphatic rings. The molecule has 0 unspecified atom stereocenters. The molecular weight excluding hydrogens is 224 g/mol. The Balaban J connectivity index is 1.96. The fraction of sp³-hybridized carbons (Fsp3) is 0.643. The third-order valence-corrected chi connectivity index (χ3v) is 3.80. The number of hydrogen-bond donors (Lipinski definition) is 2. The van der Waals surface area contributed by atoms with Gasteiger partial charge in [-0.3, -0.25) is 15.7 Å². The van der Waals surface area contributed by atoms with Gasteiger partial charge in [-0.2, -0.15) is 0 Å². The lowest BCUT2D eigenvalue weighted by molar-refractivity contribution is 0.253. The van der Waals surface area contributed by atoms with Gasteiger partial charge < -0.3 is 5.43 Å². The molecule has 0 aromatic carbocycles. The Morgan fingerprint density at radius 1 is 1.39 bits per heavy atom. The molecule has 1 fully saturated rings. The van der Waals surface area contributed by atoms with Gasteiger partial charge >= 0.3 is 0 Å². The number of nitrogens with one attached hydrogen (secondary N) is 1. The van der Waals surface area contributed by atoms with Gasteiger partial charge in [0.15, 0.2) is 0 Å². The lowest BCUT2D eigenvalue weighted by atomic mass is 9.85. The van der Waals surface area contributed by atoms with Crippen LogP contribution in [0.4, 0.5) is 5.69 Å². The average molecular weight is 248 g/mol. The summed E-state index contributed by atoms with van der Waals surface area (Å²) in [6.45, 7) is 7.99. The fourth-order valence-electron chi connectivity index (χ4n) is 2.52. The van der Waals surface area contributed by atoms with E-state index >= 15 is 0 Å². The second kappa shape index (κ2) is 5.67. The zero-order valence-electron chi connectivity index (χ0n) is 11.4. The maximum atomic E-state index is 5.42.